The Bertz CT molecular complexity index is 1460. The van der Waals surface area contributed by atoms with Gasteiger partial charge in [0.15, 0.2) is 0 Å². The summed E-state index contributed by atoms with van der Waals surface area (Å²) in [6.45, 7) is 8.41. The van der Waals surface area contributed by atoms with E-state index in [0.717, 1.165) is 23.5 Å². The minimum atomic E-state index is 0.568. The summed E-state index contributed by atoms with van der Waals surface area (Å²) in [5.74, 6) is 0.568. The Morgan fingerprint density at radius 1 is 0.941 bits per heavy atom. The molecule has 1 heterocycles. The van der Waals surface area contributed by atoms with Gasteiger partial charge in [-0.1, -0.05) is 80.3 Å². The molecule has 0 fully saturated rings. The van der Waals surface area contributed by atoms with Crippen LogP contribution in [0.15, 0.2) is 128 Å². The molecule has 1 aromatic heterocycles. The summed E-state index contributed by atoms with van der Waals surface area (Å²) < 4.78 is 2.32. The fourth-order valence-electron chi connectivity index (χ4n) is 4.71. The molecule has 0 N–H and O–H groups in total. The van der Waals surface area contributed by atoms with Crippen molar-refractivity contribution in [2.45, 2.75) is 20.3 Å². The van der Waals surface area contributed by atoms with E-state index < -0.39 is 0 Å². The van der Waals surface area contributed by atoms with E-state index in [9.17, 15) is 0 Å². The van der Waals surface area contributed by atoms with Crippen LogP contribution in [-0.4, -0.2) is 4.57 Å². The first-order valence-electron chi connectivity index (χ1n) is 11.9. The van der Waals surface area contributed by atoms with Crippen LogP contribution in [0.25, 0.3) is 27.5 Å². The fraction of sp³-hybridized carbons (Fsp3) is 0.125. The number of hydrogen-bond donors (Lipinski definition) is 0. The van der Waals surface area contributed by atoms with Crippen LogP contribution in [0.2, 0.25) is 0 Å². The molecule has 34 heavy (non-hydrogen) atoms. The van der Waals surface area contributed by atoms with Crippen molar-refractivity contribution < 1.29 is 0 Å². The molecule has 2 heteroatoms. The summed E-state index contributed by atoms with van der Waals surface area (Å²) in [5, 5.41) is 2.48. The number of nitrogens with zero attached hydrogens (tertiary/aromatic N) is 2. The van der Waals surface area contributed by atoms with Crippen molar-refractivity contribution in [3.05, 3.63) is 128 Å². The first-order valence-corrected chi connectivity index (χ1v) is 11.9. The van der Waals surface area contributed by atoms with Crippen molar-refractivity contribution >= 4 is 38.9 Å². The number of fused-ring (bicyclic) bond motifs is 3. The third-order valence-electron chi connectivity index (χ3n) is 6.41. The quantitative estimate of drug-likeness (QED) is 0.270. The summed E-state index contributed by atoms with van der Waals surface area (Å²) in [6.07, 6.45) is 16.1. The average Bonchev–Trinajstić information content (AvgIpc) is 3.20. The highest BCUT2D eigenvalue weighted by Crippen LogP contribution is 2.38. The van der Waals surface area contributed by atoms with Crippen LogP contribution >= 0.6 is 0 Å². The van der Waals surface area contributed by atoms with Crippen LogP contribution < -0.4 is 4.90 Å². The van der Waals surface area contributed by atoms with Gasteiger partial charge in [-0.2, -0.15) is 0 Å². The highest BCUT2D eigenvalue weighted by atomic mass is 15.1. The summed E-state index contributed by atoms with van der Waals surface area (Å²) in [6, 6.07) is 26.0. The van der Waals surface area contributed by atoms with Crippen LogP contribution in [0.4, 0.5) is 11.4 Å². The summed E-state index contributed by atoms with van der Waals surface area (Å²) in [7, 11) is 0. The zero-order chi connectivity index (χ0) is 23.5. The summed E-state index contributed by atoms with van der Waals surface area (Å²) >= 11 is 0. The topological polar surface area (TPSA) is 8.17 Å². The minimum absolute atomic E-state index is 0.568. The molecule has 0 saturated heterocycles. The number of para-hydroxylation sites is 2. The first-order chi connectivity index (χ1) is 16.7. The predicted molar refractivity (Wildman–Crippen MR) is 148 cm³/mol. The zero-order valence-corrected chi connectivity index (χ0v) is 19.9. The molecular weight excluding hydrogens is 412 g/mol. The predicted octanol–water partition coefficient (Wildman–Crippen LogP) is 9.02. The second-order valence-electron chi connectivity index (χ2n) is 8.75. The van der Waals surface area contributed by atoms with Gasteiger partial charge >= 0.3 is 0 Å². The molecule has 0 amide bonds. The second-order valence-corrected chi connectivity index (χ2v) is 8.75. The van der Waals surface area contributed by atoms with Crippen molar-refractivity contribution in [3.8, 4) is 0 Å². The molecular formula is C32H30N2. The van der Waals surface area contributed by atoms with Gasteiger partial charge in [-0.25, -0.2) is 0 Å². The van der Waals surface area contributed by atoms with Crippen LogP contribution in [0.3, 0.4) is 0 Å². The first kappa shape index (κ1) is 21.8. The maximum Gasteiger partial charge on any atom is 0.0561 e. The van der Waals surface area contributed by atoms with Crippen LogP contribution in [0.5, 0.6) is 0 Å². The Balaban J connectivity index is 1.77. The van der Waals surface area contributed by atoms with Crippen molar-refractivity contribution in [2.24, 2.45) is 5.92 Å². The van der Waals surface area contributed by atoms with Crippen molar-refractivity contribution in [2.75, 3.05) is 4.90 Å². The van der Waals surface area contributed by atoms with Crippen molar-refractivity contribution in [1.82, 2.24) is 4.57 Å². The number of aromatic nitrogens is 1. The molecule has 1 atom stereocenters. The summed E-state index contributed by atoms with van der Waals surface area (Å²) in [4.78, 5) is 2.35. The summed E-state index contributed by atoms with van der Waals surface area (Å²) in [5.41, 5.74) is 6.91. The smallest absolute Gasteiger partial charge is 0.0561 e. The van der Waals surface area contributed by atoms with Gasteiger partial charge in [0.05, 0.1) is 11.0 Å². The zero-order valence-electron chi connectivity index (χ0n) is 19.9. The Morgan fingerprint density at radius 2 is 1.71 bits per heavy atom. The highest BCUT2D eigenvalue weighted by molar-refractivity contribution is 6.11. The molecule has 0 bridgehead atoms. The Kier molecular flexibility index (Phi) is 6.05. The van der Waals surface area contributed by atoms with Crippen molar-refractivity contribution in [1.29, 1.82) is 0 Å². The molecule has 2 nitrogen and oxygen atoms in total. The van der Waals surface area contributed by atoms with Crippen LogP contribution in [0, 0.1) is 5.92 Å². The monoisotopic (exact) mass is 442 g/mol. The molecule has 1 aliphatic rings. The number of rotatable bonds is 6. The average molecular weight is 443 g/mol. The Morgan fingerprint density at radius 3 is 2.44 bits per heavy atom. The lowest BCUT2D eigenvalue weighted by Gasteiger charge is -2.28. The molecule has 4 aromatic rings. The van der Waals surface area contributed by atoms with Gasteiger partial charge < -0.3 is 9.47 Å². The van der Waals surface area contributed by atoms with E-state index in [1.165, 1.54) is 27.5 Å². The van der Waals surface area contributed by atoms with Gasteiger partial charge in [0.2, 0.25) is 0 Å². The molecule has 0 spiro atoms. The number of benzene rings is 3. The molecule has 0 radical (unpaired) electrons. The lowest BCUT2D eigenvalue weighted by molar-refractivity contribution is 0.728. The van der Waals surface area contributed by atoms with Gasteiger partial charge in [-0.3, -0.25) is 0 Å². The highest BCUT2D eigenvalue weighted by Gasteiger charge is 2.18. The maximum absolute atomic E-state index is 4.12. The molecule has 1 unspecified atom stereocenters. The van der Waals surface area contributed by atoms with Crippen LogP contribution in [0.1, 0.15) is 20.3 Å². The minimum Gasteiger partial charge on any atom is -0.311 e. The lowest BCUT2D eigenvalue weighted by Crippen LogP contribution is -2.17. The van der Waals surface area contributed by atoms with Gasteiger partial charge in [0.25, 0.3) is 0 Å². The lowest BCUT2D eigenvalue weighted by atomic mass is 10.0. The third-order valence-corrected chi connectivity index (χ3v) is 6.41. The molecule has 3 aromatic carbocycles. The van der Waals surface area contributed by atoms with Crippen molar-refractivity contribution in [3.63, 3.8) is 0 Å². The van der Waals surface area contributed by atoms with E-state index in [-0.39, 0.29) is 0 Å². The number of allylic oxidation sites excluding steroid dienone is 8. The van der Waals surface area contributed by atoms with E-state index in [4.69, 9.17) is 0 Å². The number of hydrogen-bond acceptors (Lipinski definition) is 1. The largest absolute Gasteiger partial charge is 0.311 e. The molecule has 5 rings (SSSR count). The van der Waals surface area contributed by atoms with Crippen LogP contribution in [-0.2, 0) is 0 Å². The Labute approximate surface area is 202 Å². The van der Waals surface area contributed by atoms with Gasteiger partial charge in [0, 0.05) is 33.5 Å². The maximum atomic E-state index is 4.12. The SMILES string of the molecule is C=C/C(=C\C=C/C)n1c2ccccc2c2ccc(N(C3=CCC(C)C=C3)c3ccccc3)cc21. The molecule has 0 aliphatic heterocycles. The fourth-order valence-corrected chi connectivity index (χ4v) is 4.71. The van der Waals surface area contributed by atoms with Gasteiger partial charge in [-0.15, -0.1) is 0 Å². The van der Waals surface area contributed by atoms with E-state index >= 15 is 0 Å². The van der Waals surface area contributed by atoms with E-state index in [1.54, 1.807) is 0 Å². The van der Waals surface area contributed by atoms with Gasteiger partial charge in [-0.05, 0) is 67.8 Å². The standard InChI is InChI=1S/C32H30N2/c1-4-6-12-25(5-2)34-31-16-11-10-15-29(31)30-22-21-28(23-32(30)34)33(26-13-8-7-9-14-26)27-19-17-24(3)18-20-27/h4-17,19-24H,2,18H2,1,3H3/b6-4-,25-12+. The second kappa shape index (κ2) is 9.44. The molecule has 168 valence electrons. The van der Waals surface area contributed by atoms with E-state index in [1.807, 2.05) is 19.1 Å². The van der Waals surface area contributed by atoms with Gasteiger partial charge in [0.1, 0.15) is 0 Å². The third kappa shape index (κ3) is 3.92. The normalized spacial score (nSPS) is 16.4. The molecule has 0 saturated carbocycles. The molecule has 1 aliphatic carbocycles. The van der Waals surface area contributed by atoms with E-state index in [2.05, 4.69) is 126 Å². The van der Waals surface area contributed by atoms with E-state index in [0.29, 0.717) is 5.92 Å². The Hall–Kier alpha value is -4.04. The number of anilines is 2.